The zero-order valence-corrected chi connectivity index (χ0v) is 10.5. The molecule has 7 heteroatoms. The second kappa shape index (κ2) is 4.56. The summed E-state index contributed by atoms with van der Waals surface area (Å²) in [5, 5.41) is 6.46. The van der Waals surface area contributed by atoms with E-state index in [1.807, 2.05) is 13.8 Å². The molecule has 1 aromatic carbocycles. The van der Waals surface area contributed by atoms with Gasteiger partial charge in [0.05, 0.1) is 0 Å². The van der Waals surface area contributed by atoms with E-state index >= 15 is 0 Å². The quantitative estimate of drug-likeness (QED) is 0.670. The Morgan fingerprint density at radius 3 is 2.28 bits per heavy atom. The zero-order chi connectivity index (χ0) is 13.4. The van der Waals surface area contributed by atoms with Crippen LogP contribution in [-0.2, 0) is 0 Å². The number of hydrogen-bond donors (Lipinski definition) is 1. The highest BCUT2D eigenvalue weighted by Crippen LogP contribution is 2.24. The van der Waals surface area contributed by atoms with Gasteiger partial charge in [0, 0.05) is 11.6 Å². The standard InChI is InChI=1S/C11H10F3N3S/c1-5(2)17-10(15-16-11(17)18)6-3-7(12)9(14)8(13)4-6/h3-5H,1-2H3,(H,16,18). The van der Waals surface area contributed by atoms with Crippen LogP contribution in [0.25, 0.3) is 11.4 Å². The van der Waals surface area contributed by atoms with E-state index in [2.05, 4.69) is 10.2 Å². The molecule has 96 valence electrons. The molecule has 0 bridgehead atoms. The summed E-state index contributed by atoms with van der Waals surface area (Å²) in [5.74, 6) is -3.74. The molecule has 1 heterocycles. The van der Waals surface area contributed by atoms with Crippen LogP contribution in [-0.4, -0.2) is 14.8 Å². The van der Waals surface area contributed by atoms with E-state index in [1.165, 1.54) is 0 Å². The third kappa shape index (κ3) is 2.05. The number of nitrogens with zero attached hydrogens (tertiary/aromatic N) is 2. The van der Waals surface area contributed by atoms with Crippen molar-refractivity contribution in [2.45, 2.75) is 19.9 Å². The van der Waals surface area contributed by atoms with Gasteiger partial charge in [-0.25, -0.2) is 13.2 Å². The van der Waals surface area contributed by atoms with Crippen molar-refractivity contribution in [3.8, 4) is 11.4 Å². The van der Waals surface area contributed by atoms with E-state index in [0.29, 0.717) is 4.77 Å². The molecule has 0 radical (unpaired) electrons. The molecular weight excluding hydrogens is 263 g/mol. The van der Waals surface area contributed by atoms with E-state index < -0.39 is 17.5 Å². The predicted molar refractivity (Wildman–Crippen MR) is 63.1 cm³/mol. The van der Waals surface area contributed by atoms with Gasteiger partial charge in [-0.2, -0.15) is 5.10 Å². The van der Waals surface area contributed by atoms with Crippen LogP contribution in [0.15, 0.2) is 12.1 Å². The van der Waals surface area contributed by atoms with Gasteiger partial charge in [-0.1, -0.05) is 0 Å². The Morgan fingerprint density at radius 2 is 1.78 bits per heavy atom. The maximum atomic E-state index is 13.2. The molecule has 0 aliphatic carbocycles. The first-order valence-electron chi connectivity index (χ1n) is 5.23. The van der Waals surface area contributed by atoms with Gasteiger partial charge in [-0.05, 0) is 38.2 Å². The Labute approximate surface area is 106 Å². The van der Waals surface area contributed by atoms with Crippen LogP contribution < -0.4 is 0 Å². The summed E-state index contributed by atoms with van der Waals surface area (Å²) in [4.78, 5) is 0. The number of rotatable bonds is 2. The highest BCUT2D eigenvalue weighted by Gasteiger charge is 2.16. The summed E-state index contributed by atoms with van der Waals surface area (Å²) in [6.45, 7) is 3.70. The van der Waals surface area contributed by atoms with Crippen molar-refractivity contribution in [2.24, 2.45) is 0 Å². The molecule has 2 aromatic rings. The number of hydrogen-bond acceptors (Lipinski definition) is 2. The normalized spacial score (nSPS) is 11.2. The van der Waals surface area contributed by atoms with Crippen molar-refractivity contribution in [1.29, 1.82) is 0 Å². The average Bonchev–Trinajstić information content (AvgIpc) is 2.67. The van der Waals surface area contributed by atoms with Crippen LogP contribution in [0.4, 0.5) is 13.2 Å². The fourth-order valence-corrected chi connectivity index (χ4v) is 2.01. The van der Waals surface area contributed by atoms with E-state index in [0.717, 1.165) is 12.1 Å². The van der Waals surface area contributed by atoms with Crippen LogP contribution in [0.2, 0.25) is 0 Å². The fraction of sp³-hybridized carbons (Fsp3) is 0.273. The first-order valence-corrected chi connectivity index (χ1v) is 5.64. The smallest absolute Gasteiger partial charge is 0.195 e. The topological polar surface area (TPSA) is 33.6 Å². The Balaban J connectivity index is 2.67. The predicted octanol–water partition coefficient (Wildman–Crippen LogP) is 3.61. The Bertz CT molecular complexity index is 622. The summed E-state index contributed by atoms with van der Waals surface area (Å²) >= 11 is 5.02. The minimum absolute atomic E-state index is 0.0394. The monoisotopic (exact) mass is 273 g/mol. The van der Waals surface area contributed by atoms with Gasteiger partial charge in [0.25, 0.3) is 0 Å². The molecule has 1 N–H and O–H groups in total. The number of benzene rings is 1. The first kappa shape index (κ1) is 12.8. The Morgan fingerprint density at radius 1 is 1.22 bits per heavy atom. The number of aromatic nitrogens is 3. The van der Waals surface area contributed by atoms with Gasteiger partial charge in [0.15, 0.2) is 28.0 Å². The third-order valence-corrected chi connectivity index (χ3v) is 2.75. The van der Waals surface area contributed by atoms with E-state index in [9.17, 15) is 13.2 Å². The maximum absolute atomic E-state index is 13.2. The van der Waals surface area contributed by atoms with Gasteiger partial charge in [0.1, 0.15) is 0 Å². The molecule has 0 aliphatic rings. The molecule has 3 nitrogen and oxygen atoms in total. The molecular formula is C11H10F3N3S. The van der Waals surface area contributed by atoms with E-state index in [4.69, 9.17) is 12.2 Å². The SMILES string of the molecule is CC(C)n1c(-c2cc(F)c(F)c(F)c2)n[nH]c1=S. The lowest BCUT2D eigenvalue weighted by atomic mass is 10.2. The van der Waals surface area contributed by atoms with E-state index in [-0.39, 0.29) is 17.4 Å². The van der Waals surface area contributed by atoms with Crippen molar-refractivity contribution in [3.63, 3.8) is 0 Å². The maximum Gasteiger partial charge on any atom is 0.195 e. The summed E-state index contributed by atoms with van der Waals surface area (Å²) in [6, 6.07) is 1.74. The number of H-pyrrole nitrogens is 1. The van der Waals surface area contributed by atoms with Gasteiger partial charge in [-0.3, -0.25) is 9.67 Å². The first-order chi connectivity index (χ1) is 8.41. The summed E-state index contributed by atoms with van der Waals surface area (Å²) in [7, 11) is 0. The minimum Gasteiger partial charge on any atom is -0.298 e. The highest BCUT2D eigenvalue weighted by atomic mass is 32.1. The molecule has 0 aliphatic heterocycles. The molecule has 0 fully saturated rings. The van der Waals surface area contributed by atoms with Crippen molar-refractivity contribution in [2.75, 3.05) is 0 Å². The van der Waals surface area contributed by atoms with Gasteiger partial charge < -0.3 is 0 Å². The number of halogens is 3. The molecule has 1 aromatic heterocycles. The molecule has 0 atom stereocenters. The van der Waals surface area contributed by atoms with Gasteiger partial charge >= 0.3 is 0 Å². The second-order valence-electron chi connectivity index (χ2n) is 4.07. The highest BCUT2D eigenvalue weighted by molar-refractivity contribution is 7.71. The van der Waals surface area contributed by atoms with Crippen LogP contribution in [0.1, 0.15) is 19.9 Å². The largest absolute Gasteiger partial charge is 0.298 e. The molecule has 0 saturated carbocycles. The number of nitrogens with one attached hydrogen (secondary N) is 1. The van der Waals surface area contributed by atoms with Crippen molar-refractivity contribution in [1.82, 2.24) is 14.8 Å². The Kier molecular flexibility index (Phi) is 3.25. The summed E-state index contributed by atoms with van der Waals surface area (Å²) in [6.07, 6.45) is 0. The average molecular weight is 273 g/mol. The lowest BCUT2D eigenvalue weighted by molar-refractivity contribution is 0.447. The lowest BCUT2D eigenvalue weighted by Gasteiger charge is -2.10. The molecule has 0 saturated heterocycles. The summed E-state index contributed by atoms with van der Waals surface area (Å²) < 4.78 is 41.2. The number of aromatic amines is 1. The summed E-state index contributed by atoms with van der Waals surface area (Å²) in [5.41, 5.74) is 0.132. The molecule has 18 heavy (non-hydrogen) atoms. The van der Waals surface area contributed by atoms with Crippen molar-refractivity contribution < 1.29 is 13.2 Å². The molecule has 0 spiro atoms. The van der Waals surface area contributed by atoms with Crippen molar-refractivity contribution >= 4 is 12.2 Å². The molecule has 2 rings (SSSR count). The molecule has 0 unspecified atom stereocenters. The third-order valence-electron chi connectivity index (χ3n) is 2.46. The zero-order valence-electron chi connectivity index (χ0n) is 9.67. The Hall–Kier alpha value is -1.63. The van der Waals surface area contributed by atoms with Crippen LogP contribution in [0.5, 0.6) is 0 Å². The van der Waals surface area contributed by atoms with Crippen LogP contribution in [0, 0.1) is 22.2 Å². The van der Waals surface area contributed by atoms with Crippen LogP contribution >= 0.6 is 12.2 Å². The minimum atomic E-state index is -1.50. The fourth-order valence-electron chi connectivity index (χ4n) is 1.67. The molecule has 0 amide bonds. The van der Waals surface area contributed by atoms with Crippen molar-refractivity contribution in [3.05, 3.63) is 34.4 Å². The van der Waals surface area contributed by atoms with E-state index in [1.54, 1.807) is 4.57 Å². The van der Waals surface area contributed by atoms with Gasteiger partial charge in [-0.15, -0.1) is 0 Å². The van der Waals surface area contributed by atoms with Crippen LogP contribution in [0.3, 0.4) is 0 Å². The lowest BCUT2D eigenvalue weighted by Crippen LogP contribution is -2.04. The second-order valence-corrected chi connectivity index (χ2v) is 4.46. The van der Waals surface area contributed by atoms with Gasteiger partial charge in [0.2, 0.25) is 0 Å².